The van der Waals surface area contributed by atoms with E-state index < -0.39 is 0 Å². The predicted molar refractivity (Wildman–Crippen MR) is 170 cm³/mol. The van der Waals surface area contributed by atoms with E-state index >= 15 is 0 Å². The Balaban J connectivity index is 3.03. The molecule has 13 heteroatoms. The quantitative estimate of drug-likeness (QED) is 0.0896. The molecule has 272 valence electrons. The van der Waals surface area contributed by atoms with Gasteiger partial charge in [-0.05, 0) is 12.8 Å². The van der Waals surface area contributed by atoms with Gasteiger partial charge in [-0.1, -0.05) is 26.7 Å². The lowest BCUT2D eigenvalue weighted by molar-refractivity contribution is -0.0290. The van der Waals surface area contributed by atoms with Gasteiger partial charge in [0, 0.05) is 13.2 Å². The number of hydrogen-bond donors (Lipinski definition) is 0. The zero-order chi connectivity index (χ0) is 32.4. The highest BCUT2D eigenvalue weighted by Gasteiger charge is 1.97. The van der Waals surface area contributed by atoms with Gasteiger partial charge in [0.2, 0.25) is 0 Å². The molecule has 0 atom stereocenters. The fourth-order valence-electron chi connectivity index (χ4n) is 3.23. The largest absolute Gasteiger partial charge is 0.379 e. The van der Waals surface area contributed by atoms with Crippen LogP contribution in [0.4, 0.5) is 0 Å². The summed E-state index contributed by atoms with van der Waals surface area (Å²) in [6.07, 6.45) is 4.48. The molecular weight excluding hydrogens is 592 g/mol. The molecule has 45 heavy (non-hydrogen) atoms. The van der Waals surface area contributed by atoms with Gasteiger partial charge in [-0.15, -0.1) is 0 Å². The van der Waals surface area contributed by atoms with Crippen molar-refractivity contribution in [2.24, 2.45) is 0 Å². The Labute approximate surface area is 273 Å². The SMILES string of the molecule is CCCCOCCOCCOCCOCCOCCOCCOCCOCCOCCOCCOCCOCCOCCCC. The number of ether oxygens (including phenoxy) is 13. The lowest BCUT2D eigenvalue weighted by atomic mass is 10.4. The summed E-state index contributed by atoms with van der Waals surface area (Å²) in [5, 5.41) is 0. The highest BCUT2D eigenvalue weighted by molar-refractivity contribution is 4.40. The molecule has 0 aliphatic rings. The number of hydrogen-bond acceptors (Lipinski definition) is 13. The molecule has 0 unspecified atom stereocenters. The average molecular weight is 659 g/mol. The molecule has 13 nitrogen and oxygen atoms in total. The van der Waals surface area contributed by atoms with Crippen LogP contribution in [0, 0.1) is 0 Å². The highest BCUT2D eigenvalue weighted by Crippen LogP contribution is 1.90. The van der Waals surface area contributed by atoms with E-state index in [1.54, 1.807) is 0 Å². The second-order valence-electron chi connectivity index (χ2n) is 9.67. The zero-order valence-electron chi connectivity index (χ0n) is 28.5. The molecule has 0 aromatic heterocycles. The van der Waals surface area contributed by atoms with E-state index in [-0.39, 0.29) is 0 Å². The Kier molecular flexibility index (Phi) is 43.0. The van der Waals surface area contributed by atoms with E-state index in [4.69, 9.17) is 61.6 Å². The maximum atomic E-state index is 5.49. The van der Waals surface area contributed by atoms with Gasteiger partial charge in [0.05, 0.1) is 159 Å². The molecule has 0 fully saturated rings. The fraction of sp³-hybridized carbons (Fsp3) is 1.00. The van der Waals surface area contributed by atoms with Crippen LogP contribution in [0.1, 0.15) is 39.5 Å². The Morgan fingerprint density at radius 1 is 0.178 bits per heavy atom. The molecule has 0 heterocycles. The lowest BCUT2D eigenvalue weighted by Crippen LogP contribution is -2.15. The van der Waals surface area contributed by atoms with Crippen LogP contribution >= 0.6 is 0 Å². The maximum absolute atomic E-state index is 5.49. The van der Waals surface area contributed by atoms with Gasteiger partial charge in [0.1, 0.15) is 0 Å². The molecule has 0 radical (unpaired) electrons. The molecule has 0 aliphatic heterocycles. The highest BCUT2D eigenvalue weighted by atomic mass is 16.6. The van der Waals surface area contributed by atoms with Crippen LogP contribution < -0.4 is 0 Å². The average Bonchev–Trinajstić information content (AvgIpc) is 3.05. The van der Waals surface area contributed by atoms with E-state index in [1.807, 2.05) is 0 Å². The van der Waals surface area contributed by atoms with Crippen molar-refractivity contribution in [2.75, 3.05) is 172 Å². The van der Waals surface area contributed by atoms with Gasteiger partial charge in [-0.2, -0.15) is 0 Å². The minimum absolute atomic E-state index is 0.517. The topological polar surface area (TPSA) is 120 Å². The first-order chi connectivity index (χ1) is 22.4. The summed E-state index contributed by atoms with van der Waals surface area (Å²) >= 11 is 0. The maximum Gasteiger partial charge on any atom is 0.0701 e. The van der Waals surface area contributed by atoms with E-state index in [0.29, 0.717) is 159 Å². The molecule has 0 aliphatic carbocycles. The normalized spacial score (nSPS) is 11.6. The van der Waals surface area contributed by atoms with Crippen LogP contribution in [0.15, 0.2) is 0 Å². The summed E-state index contributed by atoms with van der Waals surface area (Å²) in [7, 11) is 0. The molecule has 0 N–H and O–H groups in total. The summed E-state index contributed by atoms with van der Waals surface area (Å²) < 4.78 is 71.0. The molecule has 0 aromatic carbocycles. The molecule has 0 saturated heterocycles. The Hall–Kier alpha value is -0.520. The van der Waals surface area contributed by atoms with Crippen LogP contribution in [0.3, 0.4) is 0 Å². The van der Waals surface area contributed by atoms with Gasteiger partial charge in [0.25, 0.3) is 0 Å². The minimum atomic E-state index is 0.517. The Bertz CT molecular complexity index is 464. The number of rotatable bonds is 42. The predicted octanol–water partition coefficient (Wildman–Crippen LogP) is 2.80. The first kappa shape index (κ1) is 44.5. The van der Waals surface area contributed by atoms with Crippen molar-refractivity contribution in [3.63, 3.8) is 0 Å². The molecule has 0 bridgehead atoms. The molecule has 0 saturated carbocycles. The summed E-state index contributed by atoms with van der Waals surface area (Å²) in [6.45, 7) is 19.0. The van der Waals surface area contributed by atoms with Crippen LogP contribution in [0.5, 0.6) is 0 Å². The van der Waals surface area contributed by atoms with E-state index in [0.717, 1.165) is 38.9 Å². The van der Waals surface area contributed by atoms with Gasteiger partial charge in [-0.3, -0.25) is 0 Å². The van der Waals surface area contributed by atoms with Crippen LogP contribution in [0.2, 0.25) is 0 Å². The summed E-state index contributed by atoms with van der Waals surface area (Å²) in [5.41, 5.74) is 0. The van der Waals surface area contributed by atoms with E-state index in [2.05, 4.69) is 13.8 Å². The first-order valence-electron chi connectivity index (χ1n) is 16.9. The molecule has 0 spiro atoms. The summed E-state index contributed by atoms with van der Waals surface area (Å²) in [5.74, 6) is 0. The fourth-order valence-corrected chi connectivity index (χ4v) is 3.23. The Morgan fingerprint density at radius 2 is 0.289 bits per heavy atom. The molecular formula is C32H66O13. The van der Waals surface area contributed by atoms with Crippen molar-refractivity contribution in [1.82, 2.24) is 0 Å². The third-order valence-corrected chi connectivity index (χ3v) is 5.75. The number of unbranched alkanes of at least 4 members (excludes halogenated alkanes) is 2. The molecule has 0 rings (SSSR count). The van der Waals surface area contributed by atoms with Crippen molar-refractivity contribution < 1.29 is 61.6 Å². The van der Waals surface area contributed by atoms with Crippen molar-refractivity contribution in [1.29, 1.82) is 0 Å². The summed E-state index contributed by atoms with van der Waals surface area (Å²) in [6, 6.07) is 0. The van der Waals surface area contributed by atoms with Crippen molar-refractivity contribution >= 4 is 0 Å². The van der Waals surface area contributed by atoms with E-state index in [9.17, 15) is 0 Å². The van der Waals surface area contributed by atoms with Crippen molar-refractivity contribution in [2.45, 2.75) is 39.5 Å². The lowest BCUT2D eigenvalue weighted by Gasteiger charge is -2.09. The standard InChI is InChI=1S/C32H66O13/c1-3-5-7-33-9-11-35-13-15-37-17-19-39-21-23-41-25-27-43-29-31-45-32-30-44-28-26-42-24-22-40-20-18-38-16-14-36-12-10-34-8-6-4-2/h3-32H2,1-2H3. The smallest absolute Gasteiger partial charge is 0.0701 e. The molecule has 0 amide bonds. The summed E-state index contributed by atoms with van der Waals surface area (Å²) in [4.78, 5) is 0. The van der Waals surface area contributed by atoms with Crippen LogP contribution in [0.25, 0.3) is 0 Å². The van der Waals surface area contributed by atoms with Gasteiger partial charge >= 0.3 is 0 Å². The van der Waals surface area contributed by atoms with E-state index in [1.165, 1.54) is 0 Å². The van der Waals surface area contributed by atoms with Gasteiger partial charge < -0.3 is 61.6 Å². The molecule has 0 aromatic rings. The third-order valence-electron chi connectivity index (χ3n) is 5.75. The second-order valence-corrected chi connectivity index (χ2v) is 9.67. The van der Waals surface area contributed by atoms with Crippen molar-refractivity contribution in [3.8, 4) is 0 Å². The van der Waals surface area contributed by atoms with Crippen molar-refractivity contribution in [3.05, 3.63) is 0 Å². The first-order valence-corrected chi connectivity index (χ1v) is 16.9. The monoisotopic (exact) mass is 658 g/mol. The van der Waals surface area contributed by atoms with Crippen LogP contribution in [-0.4, -0.2) is 172 Å². The second kappa shape index (κ2) is 43.5. The van der Waals surface area contributed by atoms with Gasteiger partial charge in [0.15, 0.2) is 0 Å². The Morgan fingerprint density at radius 3 is 0.400 bits per heavy atom. The van der Waals surface area contributed by atoms with Crippen LogP contribution in [-0.2, 0) is 61.6 Å². The van der Waals surface area contributed by atoms with Gasteiger partial charge in [-0.25, -0.2) is 0 Å². The zero-order valence-corrected chi connectivity index (χ0v) is 28.5. The minimum Gasteiger partial charge on any atom is -0.379 e. The third kappa shape index (κ3) is 43.5.